The number of benzene rings is 1. The Kier molecular flexibility index (Phi) is 8.34. The molecule has 3 N–H and O–H groups in total. The van der Waals surface area contributed by atoms with E-state index in [0.29, 0.717) is 18.5 Å². The van der Waals surface area contributed by atoms with Crippen LogP contribution in [0.4, 0.5) is 0 Å². The molecule has 0 bridgehead atoms. The first-order chi connectivity index (χ1) is 9.34. The normalized spacial score (nSPS) is 16.9. The lowest BCUT2D eigenvalue weighted by Gasteiger charge is -2.23. The minimum absolute atomic E-state index is 0. The highest BCUT2D eigenvalue weighted by atomic mass is 127. The lowest BCUT2D eigenvalue weighted by Crippen LogP contribution is -2.41. The van der Waals surface area contributed by atoms with E-state index in [0.717, 1.165) is 0 Å². The Bertz CT molecular complexity index is 423. The van der Waals surface area contributed by atoms with Gasteiger partial charge in [0.1, 0.15) is 0 Å². The quantitative estimate of drug-likeness (QED) is 0.473. The molecule has 2 rings (SSSR count). The molecule has 4 heteroatoms. The van der Waals surface area contributed by atoms with E-state index in [1.54, 1.807) is 0 Å². The fraction of sp³-hybridized carbons (Fsp3) is 0.438. The van der Waals surface area contributed by atoms with Crippen LogP contribution in [0.3, 0.4) is 0 Å². The van der Waals surface area contributed by atoms with Gasteiger partial charge in [-0.3, -0.25) is 0 Å². The molecule has 1 aromatic carbocycles. The molecular formula is C16H24IN3. The van der Waals surface area contributed by atoms with Gasteiger partial charge in [-0.2, -0.15) is 0 Å². The zero-order valence-corrected chi connectivity index (χ0v) is 14.1. The molecule has 1 aliphatic carbocycles. The van der Waals surface area contributed by atoms with Crippen molar-refractivity contribution in [1.82, 2.24) is 5.32 Å². The molecule has 3 nitrogen and oxygen atoms in total. The second-order valence-electron chi connectivity index (χ2n) is 5.02. The number of nitrogens with zero attached hydrogens (tertiary/aromatic N) is 1. The largest absolute Gasteiger partial charge is 0.370 e. The van der Waals surface area contributed by atoms with Gasteiger partial charge in [-0.25, -0.2) is 4.99 Å². The third-order valence-electron chi connectivity index (χ3n) is 3.43. The lowest BCUT2D eigenvalue weighted by atomic mass is 9.96. The predicted octanol–water partition coefficient (Wildman–Crippen LogP) is 3.55. The lowest BCUT2D eigenvalue weighted by molar-refractivity contribution is 0.412. The Morgan fingerprint density at radius 3 is 2.60 bits per heavy atom. The van der Waals surface area contributed by atoms with Gasteiger partial charge >= 0.3 is 0 Å². The topological polar surface area (TPSA) is 50.4 Å². The fourth-order valence-corrected chi connectivity index (χ4v) is 2.41. The van der Waals surface area contributed by atoms with Crippen LogP contribution in [0, 0.1) is 0 Å². The Balaban J connectivity index is 0.00000200. The fourth-order valence-electron chi connectivity index (χ4n) is 2.41. The van der Waals surface area contributed by atoms with Crippen LogP contribution in [0.5, 0.6) is 0 Å². The van der Waals surface area contributed by atoms with Crippen LogP contribution in [-0.4, -0.2) is 18.5 Å². The SMILES string of the molecule is I.NC(=NCC=Cc1ccccc1)NC1CCCCC1. The van der Waals surface area contributed by atoms with Crippen molar-refractivity contribution in [3.05, 3.63) is 42.0 Å². The van der Waals surface area contributed by atoms with E-state index < -0.39 is 0 Å². The van der Waals surface area contributed by atoms with Gasteiger partial charge in [0.05, 0.1) is 6.54 Å². The van der Waals surface area contributed by atoms with E-state index >= 15 is 0 Å². The van der Waals surface area contributed by atoms with Crippen LogP contribution in [-0.2, 0) is 0 Å². The van der Waals surface area contributed by atoms with Gasteiger partial charge in [0, 0.05) is 6.04 Å². The number of guanidine groups is 1. The number of aliphatic imine (C=N–C) groups is 1. The molecule has 0 atom stereocenters. The van der Waals surface area contributed by atoms with Gasteiger partial charge in [-0.1, -0.05) is 61.7 Å². The third kappa shape index (κ3) is 6.41. The number of hydrogen-bond acceptors (Lipinski definition) is 1. The Hall–Kier alpha value is -1.04. The zero-order chi connectivity index (χ0) is 13.3. The maximum atomic E-state index is 5.89. The molecule has 0 aromatic heterocycles. The average molecular weight is 385 g/mol. The van der Waals surface area contributed by atoms with Crippen LogP contribution in [0.25, 0.3) is 6.08 Å². The number of hydrogen-bond donors (Lipinski definition) is 2. The molecule has 0 heterocycles. The molecule has 0 spiro atoms. The summed E-state index contributed by atoms with van der Waals surface area (Å²) in [6.45, 7) is 0.625. The van der Waals surface area contributed by atoms with E-state index in [-0.39, 0.29) is 24.0 Å². The maximum Gasteiger partial charge on any atom is 0.189 e. The minimum Gasteiger partial charge on any atom is -0.370 e. The van der Waals surface area contributed by atoms with Gasteiger partial charge in [0.2, 0.25) is 0 Å². The first kappa shape index (κ1) is 17.0. The van der Waals surface area contributed by atoms with Crippen molar-refractivity contribution in [2.24, 2.45) is 10.7 Å². The summed E-state index contributed by atoms with van der Waals surface area (Å²) in [5.74, 6) is 0.574. The molecule has 1 saturated carbocycles. The Labute approximate surface area is 138 Å². The molecule has 0 saturated heterocycles. The van der Waals surface area contributed by atoms with Crippen molar-refractivity contribution in [3.8, 4) is 0 Å². The van der Waals surface area contributed by atoms with Crippen LogP contribution in [0.1, 0.15) is 37.7 Å². The predicted molar refractivity (Wildman–Crippen MR) is 97.4 cm³/mol. The van der Waals surface area contributed by atoms with Crippen LogP contribution in [0.2, 0.25) is 0 Å². The van der Waals surface area contributed by atoms with Crippen molar-refractivity contribution < 1.29 is 0 Å². The van der Waals surface area contributed by atoms with E-state index in [2.05, 4.69) is 28.5 Å². The van der Waals surface area contributed by atoms with Gasteiger partial charge in [-0.15, -0.1) is 24.0 Å². The highest BCUT2D eigenvalue weighted by Crippen LogP contribution is 2.16. The Morgan fingerprint density at radius 2 is 1.90 bits per heavy atom. The Morgan fingerprint density at radius 1 is 1.20 bits per heavy atom. The summed E-state index contributed by atoms with van der Waals surface area (Å²) in [6.07, 6.45) is 10.5. The maximum absolute atomic E-state index is 5.89. The summed E-state index contributed by atoms with van der Waals surface area (Å²) in [5, 5.41) is 3.31. The molecule has 20 heavy (non-hydrogen) atoms. The second-order valence-corrected chi connectivity index (χ2v) is 5.02. The smallest absolute Gasteiger partial charge is 0.189 e. The van der Waals surface area contributed by atoms with E-state index in [4.69, 9.17) is 5.73 Å². The highest BCUT2D eigenvalue weighted by Gasteiger charge is 2.12. The first-order valence-electron chi connectivity index (χ1n) is 7.12. The molecule has 1 aliphatic rings. The molecule has 0 unspecified atom stereocenters. The van der Waals surface area contributed by atoms with Gasteiger partial charge in [-0.05, 0) is 18.4 Å². The second kappa shape index (κ2) is 9.80. The summed E-state index contributed by atoms with van der Waals surface area (Å²) in [7, 11) is 0. The molecule has 0 aliphatic heterocycles. The monoisotopic (exact) mass is 385 g/mol. The molecule has 110 valence electrons. The summed E-state index contributed by atoms with van der Waals surface area (Å²) in [6, 6.07) is 10.7. The molecular weight excluding hydrogens is 361 g/mol. The highest BCUT2D eigenvalue weighted by molar-refractivity contribution is 14.0. The minimum atomic E-state index is 0. The molecule has 1 aromatic rings. The van der Waals surface area contributed by atoms with Crippen LogP contribution >= 0.6 is 24.0 Å². The van der Waals surface area contributed by atoms with Crippen molar-refractivity contribution in [1.29, 1.82) is 0 Å². The summed E-state index contributed by atoms with van der Waals surface area (Å²) < 4.78 is 0. The summed E-state index contributed by atoms with van der Waals surface area (Å²) >= 11 is 0. The van der Waals surface area contributed by atoms with Gasteiger partial charge in [0.15, 0.2) is 5.96 Å². The van der Waals surface area contributed by atoms with E-state index in [9.17, 15) is 0 Å². The molecule has 0 amide bonds. The van der Waals surface area contributed by atoms with Gasteiger partial charge in [0.25, 0.3) is 0 Å². The van der Waals surface area contributed by atoms with E-state index in [1.807, 2.05) is 24.3 Å². The number of nitrogens with one attached hydrogen (secondary N) is 1. The summed E-state index contributed by atoms with van der Waals surface area (Å²) in [4.78, 5) is 4.33. The summed E-state index contributed by atoms with van der Waals surface area (Å²) in [5.41, 5.74) is 7.08. The van der Waals surface area contributed by atoms with Crippen molar-refractivity contribution >= 4 is 36.0 Å². The van der Waals surface area contributed by atoms with Crippen LogP contribution < -0.4 is 11.1 Å². The van der Waals surface area contributed by atoms with Crippen molar-refractivity contribution in [3.63, 3.8) is 0 Å². The van der Waals surface area contributed by atoms with E-state index in [1.165, 1.54) is 37.7 Å². The van der Waals surface area contributed by atoms with Crippen LogP contribution in [0.15, 0.2) is 41.4 Å². The zero-order valence-electron chi connectivity index (χ0n) is 11.8. The number of halogens is 1. The standard InChI is InChI=1S/C16H23N3.HI/c17-16(19-15-11-5-2-6-12-15)18-13-7-10-14-8-3-1-4-9-14;/h1,3-4,7-10,15H,2,5-6,11-13H2,(H3,17,18,19);1H. The van der Waals surface area contributed by atoms with Crippen molar-refractivity contribution in [2.45, 2.75) is 38.1 Å². The molecule has 1 fully saturated rings. The third-order valence-corrected chi connectivity index (χ3v) is 3.43. The number of nitrogens with two attached hydrogens (primary N) is 1. The van der Waals surface area contributed by atoms with Gasteiger partial charge < -0.3 is 11.1 Å². The first-order valence-corrected chi connectivity index (χ1v) is 7.12. The number of rotatable bonds is 4. The molecule has 0 radical (unpaired) electrons. The van der Waals surface area contributed by atoms with Crippen molar-refractivity contribution in [2.75, 3.05) is 6.54 Å². The average Bonchev–Trinajstić information content (AvgIpc) is 2.46.